The van der Waals surface area contributed by atoms with Gasteiger partial charge in [-0.3, -0.25) is 0 Å². The number of aliphatic hydroxyl groups excluding tert-OH is 3. The molecule has 14 heteroatoms. The first-order valence-corrected chi connectivity index (χ1v) is 7.86. The van der Waals surface area contributed by atoms with Crippen molar-refractivity contribution in [3.8, 4) is 0 Å². The Bertz CT molecular complexity index is 428. The van der Waals surface area contributed by atoms with Crippen LogP contribution in [0, 0.1) is 0 Å². The molecule has 0 aliphatic carbocycles. The van der Waals surface area contributed by atoms with Crippen LogP contribution < -0.4 is 19.6 Å². The smallest absolute Gasteiger partial charge is 0.225 e. The molecule has 0 aromatic carbocycles. The van der Waals surface area contributed by atoms with Gasteiger partial charge in [-0.2, -0.15) is 0 Å². The zero-order chi connectivity index (χ0) is 15.8. The van der Waals surface area contributed by atoms with Crippen molar-refractivity contribution in [2.75, 3.05) is 13.2 Å². The standard InChI is InChI=1S/C6H14O12P2/c7-2-6(18-20(13,14)15)5(9)4(8)3(17-6)1-16-19(10,11)12/h3-5,7-9H,1-2H2,(H2,10,11,12)(H2,13,14,15)/p-4. The molecule has 1 rings (SSSR count). The molecule has 3 N–H and O–H groups in total. The zero-order valence-corrected chi connectivity index (χ0v) is 11.3. The van der Waals surface area contributed by atoms with Crippen LogP contribution in [-0.4, -0.2) is 52.6 Å². The third-order valence-corrected chi connectivity index (χ3v) is 3.39. The van der Waals surface area contributed by atoms with Gasteiger partial charge in [0, 0.05) is 0 Å². The minimum absolute atomic E-state index is 1.07. The minimum atomic E-state index is -5.71. The molecule has 0 aromatic heterocycles. The summed E-state index contributed by atoms with van der Waals surface area (Å²) < 4.78 is 33.1. The monoisotopic (exact) mass is 336 g/mol. The average Bonchev–Trinajstić information content (AvgIpc) is 2.49. The van der Waals surface area contributed by atoms with Gasteiger partial charge in [0.1, 0.15) is 24.9 Å². The van der Waals surface area contributed by atoms with E-state index in [1.54, 1.807) is 0 Å². The van der Waals surface area contributed by atoms with Crippen LogP contribution in [-0.2, 0) is 22.9 Å². The molecule has 0 bridgehead atoms. The van der Waals surface area contributed by atoms with Crippen LogP contribution in [0.1, 0.15) is 0 Å². The summed E-state index contributed by atoms with van der Waals surface area (Å²) in [5, 5.41) is 28.0. The summed E-state index contributed by atoms with van der Waals surface area (Å²) in [6.07, 6.45) is -5.89. The lowest BCUT2D eigenvalue weighted by molar-refractivity contribution is -0.372. The molecule has 0 radical (unpaired) electrons. The van der Waals surface area contributed by atoms with Gasteiger partial charge >= 0.3 is 0 Å². The van der Waals surface area contributed by atoms with Crippen molar-refractivity contribution in [3.63, 3.8) is 0 Å². The predicted molar refractivity (Wildman–Crippen MR) is 49.0 cm³/mol. The number of ether oxygens (including phenoxy) is 1. The molecule has 0 spiro atoms. The summed E-state index contributed by atoms with van der Waals surface area (Å²) in [7, 11) is -11.1. The Hall–Kier alpha value is 0.0600. The zero-order valence-electron chi connectivity index (χ0n) is 9.56. The molecular formula is C6H10O12P2-4. The fraction of sp³-hybridized carbons (Fsp3) is 1.00. The molecule has 20 heavy (non-hydrogen) atoms. The van der Waals surface area contributed by atoms with Gasteiger partial charge in [0.05, 0.1) is 22.3 Å². The van der Waals surface area contributed by atoms with E-state index in [-0.39, 0.29) is 0 Å². The lowest BCUT2D eigenvalue weighted by Crippen LogP contribution is -2.49. The molecule has 120 valence electrons. The second-order valence-electron chi connectivity index (χ2n) is 3.84. The Balaban J connectivity index is 2.85. The first-order chi connectivity index (χ1) is 8.90. The number of phosphoric acid groups is 2. The normalized spacial score (nSPS) is 35.5. The maximum absolute atomic E-state index is 10.5. The van der Waals surface area contributed by atoms with Gasteiger partial charge in [-0.05, 0) is 0 Å². The first-order valence-electron chi connectivity index (χ1n) is 4.94. The highest BCUT2D eigenvalue weighted by Gasteiger charge is 2.55. The summed E-state index contributed by atoms with van der Waals surface area (Å²) in [6.45, 7) is -2.42. The molecule has 4 atom stereocenters. The highest BCUT2D eigenvalue weighted by molar-refractivity contribution is 7.43. The molecule has 12 nitrogen and oxygen atoms in total. The lowest BCUT2D eigenvalue weighted by Gasteiger charge is -2.39. The number of aliphatic hydroxyl groups is 3. The Morgan fingerprint density at radius 2 is 1.70 bits per heavy atom. The number of rotatable bonds is 6. The second-order valence-corrected chi connectivity index (χ2v) is 6.07. The summed E-state index contributed by atoms with van der Waals surface area (Å²) in [5.74, 6) is -2.80. The average molecular weight is 336 g/mol. The number of phosphoric ester groups is 2. The molecular weight excluding hydrogens is 326 g/mol. The summed E-state index contributed by atoms with van der Waals surface area (Å²) in [6, 6.07) is 0. The van der Waals surface area contributed by atoms with E-state index in [4.69, 9.17) is 5.11 Å². The van der Waals surface area contributed by atoms with Crippen LogP contribution >= 0.6 is 15.6 Å². The van der Waals surface area contributed by atoms with Crippen molar-refractivity contribution in [3.05, 3.63) is 0 Å². The molecule has 1 saturated heterocycles. The quantitative estimate of drug-likeness (QED) is 0.387. The van der Waals surface area contributed by atoms with E-state index in [2.05, 4.69) is 13.8 Å². The van der Waals surface area contributed by atoms with Crippen molar-refractivity contribution in [2.24, 2.45) is 0 Å². The van der Waals surface area contributed by atoms with Crippen LogP contribution in [0.2, 0.25) is 0 Å². The fourth-order valence-corrected chi connectivity index (χ4v) is 2.50. The number of hydrogen-bond acceptors (Lipinski definition) is 12. The van der Waals surface area contributed by atoms with Crippen molar-refractivity contribution >= 4 is 15.6 Å². The van der Waals surface area contributed by atoms with E-state index < -0.39 is 53.0 Å². The molecule has 0 aromatic rings. The van der Waals surface area contributed by atoms with Crippen LogP contribution in [0.4, 0.5) is 0 Å². The molecule has 1 aliphatic heterocycles. The Kier molecular flexibility index (Phi) is 5.48. The van der Waals surface area contributed by atoms with Crippen molar-refractivity contribution < 1.29 is 57.8 Å². The molecule has 1 aliphatic rings. The fourth-order valence-electron chi connectivity index (χ4n) is 1.58. The van der Waals surface area contributed by atoms with Gasteiger partial charge in [0.25, 0.3) is 0 Å². The minimum Gasteiger partial charge on any atom is -0.790 e. The van der Waals surface area contributed by atoms with Crippen LogP contribution in [0.3, 0.4) is 0 Å². The van der Waals surface area contributed by atoms with Crippen LogP contribution in [0.5, 0.6) is 0 Å². The molecule has 1 fully saturated rings. The summed E-state index contributed by atoms with van der Waals surface area (Å²) in [5.41, 5.74) is 0. The summed E-state index contributed by atoms with van der Waals surface area (Å²) in [4.78, 5) is 41.6. The van der Waals surface area contributed by atoms with Crippen LogP contribution in [0.15, 0.2) is 0 Å². The highest BCUT2D eigenvalue weighted by atomic mass is 31.2. The van der Waals surface area contributed by atoms with E-state index in [9.17, 15) is 38.9 Å². The Morgan fingerprint density at radius 3 is 2.10 bits per heavy atom. The van der Waals surface area contributed by atoms with E-state index in [1.807, 2.05) is 0 Å². The maximum Gasteiger partial charge on any atom is 0.225 e. The second kappa shape index (κ2) is 6.05. The molecule has 1 heterocycles. The van der Waals surface area contributed by atoms with Gasteiger partial charge in [-0.25, -0.2) is 0 Å². The maximum atomic E-state index is 10.5. The summed E-state index contributed by atoms with van der Waals surface area (Å²) >= 11 is 0. The Morgan fingerprint density at radius 1 is 1.15 bits per heavy atom. The Labute approximate surface area is 112 Å². The number of hydrogen-bond donors (Lipinski definition) is 3. The largest absolute Gasteiger partial charge is 0.790 e. The third-order valence-electron chi connectivity index (χ3n) is 2.39. The topological polar surface area (TPSA) is 215 Å². The van der Waals surface area contributed by atoms with E-state index in [0.717, 1.165) is 0 Å². The van der Waals surface area contributed by atoms with Crippen molar-refractivity contribution in [1.82, 2.24) is 0 Å². The van der Waals surface area contributed by atoms with E-state index in [0.29, 0.717) is 0 Å². The van der Waals surface area contributed by atoms with Crippen molar-refractivity contribution in [1.29, 1.82) is 0 Å². The van der Waals surface area contributed by atoms with Crippen molar-refractivity contribution in [2.45, 2.75) is 24.1 Å². The predicted octanol–water partition coefficient (Wildman–Crippen LogP) is -5.51. The van der Waals surface area contributed by atoms with E-state index in [1.165, 1.54) is 0 Å². The molecule has 0 amide bonds. The lowest BCUT2D eigenvalue weighted by atomic mass is 10.1. The van der Waals surface area contributed by atoms with Gasteiger partial charge in [-0.15, -0.1) is 0 Å². The van der Waals surface area contributed by atoms with Gasteiger partial charge in [-0.1, -0.05) is 0 Å². The SMILES string of the molecule is O=P([O-])([O-])OCC1OC(CO)(OP(=O)([O-])[O-])C(O)C1O. The third kappa shape index (κ3) is 4.53. The highest BCUT2D eigenvalue weighted by Crippen LogP contribution is 2.42. The van der Waals surface area contributed by atoms with Gasteiger partial charge in [0.15, 0.2) is 0 Å². The first kappa shape index (κ1) is 18.1. The molecule has 4 unspecified atom stereocenters. The molecule has 0 saturated carbocycles. The van der Waals surface area contributed by atoms with Gasteiger partial charge in [0.2, 0.25) is 5.79 Å². The van der Waals surface area contributed by atoms with E-state index >= 15 is 0 Å². The van der Waals surface area contributed by atoms with Crippen LogP contribution in [0.25, 0.3) is 0 Å². The van der Waals surface area contributed by atoms with Gasteiger partial charge < -0.3 is 57.8 Å².